The summed E-state index contributed by atoms with van der Waals surface area (Å²) < 4.78 is 5.92. The van der Waals surface area contributed by atoms with Gasteiger partial charge >= 0.3 is 5.97 Å². The number of aryl methyl sites for hydroxylation is 1. The first-order valence-electron chi connectivity index (χ1n) is 11.7. The van der Waals surface area contributed by atoms with Crippen LogP contribution in [0.1, 0.15) is 43.3 Å². The van der Waals surface area contributed by atoms with Crippen LogP contribution < -0.4 is 5.43 Å². The molecule has 0 bridgehead atoms. The highest BCUT2D eigenvalue weighted by atomic mass is 16.6. The minimum atomic E-state index is -0.544. The molecule has 6 heteroatoms. The molecule has 0 radical (unpaired) electrons. The van der Waals surface area contributed by atoms with Crippen LogP contribution in [0.4, 0.5) is 5.69 Å². The van der Waals surface area contributed by atoms with Crippen LogP contribution in [-0.2, 0) is 28.8 Å². The lowest BCUT2D eigenvalue weighted by molar-refractivity contribution is -0.162. The highest BCUT2D eigenvalue weighted by molar-refractivity contribution is 5.75. The Morgan fingerprint density at radius 3 is 2.55 bits per heavy atom. The highest BCUT2D eigenvalue weighted by Crippen LogP contribution is 2.32. The standard InChI is InChI=1S/C27H34N4O2/c1-19-24(29-18-28-19)17-25-22(26(32)33-27(2,3)4)16-21-12-8-9-13-23(21)30-31(25)15-14-20-10-6-5-7-11-20/h5-13,18,22,25,30H,14-17H2,1-4H3,(H,28,29). The van der Waals surface area contributed by atoms with Crippen LogP contribution in [0, 0.1) is 12.8 Å². The summed E-state index contributed by atoms with van der Waals surface area (Å²) in [5, 5.41) is 2.22. The molecule has 0 aliphatic carbocycles. The number of hydrazine groups is 1. The van der Waals surface area contributed by atoms with Crippen molar-refractivity contribution in [1.82, 2.24) is 15.0 Å². The van der Waals surface area contributed by atoms with E-state index in [2.05, 4.69) is 56.8 Å². The van der Waals surface area contributed by atoms with Gasteiger partial charge in [0.05, 0.1) is 23.6 Å². The molecule has 0 amide bonds. The van der Waals surface area contributed by atoms with Crippen molar-refractivity contribution < 1.29 is 9.53 Å². The number of para-hydroxylation sites is 1. The number of esters is 1. The van der Waals surface area contributed by atoms with Gasteiger partial charge in [-0.05, 0) is 57.7 Å². The second-order valence-electron chi connectivity index (χ2n) is 9.79. The molecule has 2 heterocycles. The lowest BCUT2D eigenvalue weighted by Crippen LogP contribution is -2.49. The number of hydrogen-bond acceptors (Lipinski definition) is 5. The van der Waals surface area contributed by atoms with Crippen LogP contribution in [0.15, 0.2) is 60.9 Å². The van der Waals surface area contributed by atoms with Crippen molar-refractivity contribution in [3.8, 4) is 0 Å². The normalized spacial score (nSPS) is 18.8. The molecule has 1 aromatic heterocycles. The largest absolute Gasteiger partial charge is 0.460 e. The topological polar surface area (TPSA) is 70.2 Å². The zero-order valence-electron chi connectivity index (χ0n) is 20.0. The number of anilines is 1. The maximum atomic E-state index is 13.5. The second-order valence-corrected chi connectivity index (χ2v) is 9.79. The van der Waals surface area contributed by atoms with E-state index in [-0.39, 0.29) is 17.9 Å². The average molecular weight is 447 g/mol. The molecule has 2 atom stereocenters. The van der Waals surface area contributed by atoms with Crippen molar-refractivity contribution in [2.75, 3.05) is 12.0 Å². The van der Waals surface area contributed by atoms with Crippen LogP contribution in [0.25, 0.3) is 0 Å². The number of carbonyl (C=O) groups excluding carboxylic acids is 1. The van der Waals surface area contributed by atoms with E-state index in [1.54, 1.807) is 6.33 Å². The summed E-state index contributed by atoms with van der Waals surface area (Å²) in [6.07, 6.45) is 3.86. The van der Waals surface area contributed by atoms with Crippen molar-refractivity contribution in [2.24, 2.45) is 5.92 Å². The van der Waals surface area contributed by atoms with Gasteiger partial charge in [-0.2, -0.15) is 0 Å². The van der Waals surface area contributed by atoms with E-state index in [0.717, 1.165) is 35.6 Å². The molecular weight excluding hydrogens is 412 g/mol. The number of carbonyl (C=O) groups is 1. The Labute approximate surface area is 196 Å². The van der Waals surface area contributed by atoms with Crippen LogP contribution in [0.2, 0.25) is 0 Å². The number of imidazole rings is 1. The Hall–Kier alpha value is -3.12. The Morgan fingerprint density at radius 2 is 1.85 bits per heavy atom. The van der Waals surface area contributed by atoms with Gasteiger partial charge < -0.3 is 15.1 Å². The monoisotopic (exact) mass is 446 g/mol. The number of aromatic amines is 1. The summed E-state index contributed by atoms with van der Waals surface area (Å²) >= 11 is 0. The van der Waals surface area contributed by atoms with Crippen LogP contribution in [0.5, 0.6) is 0 Å². The average Bonchev–Trinajstić information content (AvgIpc) is 3.10. The minimum absolute atomic E-state index is 0.113. The fourth-order valence-electron chi connectivity index (χ4n) is 4.41. The van der Waals surface area contributed by atoms with Crippen molar-refractivity contribution in [3.05, 3.63) is 83.4 Å². The summed E-state index contributed by atoms with van der Waals surface area (Å²) in [4.78, 5) is 21.2. The predicted octanol–water partition coefficient (Wildman–Crippen LogP) is 4.72. The Balaban J connectivity index is 1.70. The van der Waals surface area contributed by atoms with Gasteiger partial charge in [0.25, 0.3) is 0 Å². The maximum absolute atomic E-state index is 13.5. The number of nitrogens with one attached hydrogen (secondary N) is 2. The summed E-state index contributed by atoms with van der Waals surface area (Å²) in [5.41, 5.74) is 8.54. The SMILES string of the molecule is Cc1[nH]cnc1CC1C(C(=O)OC(C)(C)C)Cc2ccccc2NN1CCc1ccccc1. The second kappa shape index (κ2) is 9.79. The Morgan fingerprint density at radius 1 is 1.12 bits per heavy atom. The molecule has 33 heavy (non-hydrogen) atoms. The Kier molecular flexibility index (Phi) is 6.84. The molecular formula is C27H34N4O2. The lowest BCUT2D eigenvalue weighted by Gasteiger charge is -2.35. The van der Waals surface area contributed by atoms with Gasteiger partial charge in [-0.1, -0.05) is 48.5 Å². The molecule has 0 spiro atoms. The number of fused-ring (bicyclic) bond motifs is 1. The number of benzene rings is 2. The van der Waals surface area contributed by atoms with Crippen LogP contribution >= 0.6 is 0 Å². The molecule has 174 valence electrons. The molecule has 2 aromatic carbocycles. The number of ether oxygens (including phenoxy) is 1. The molecule has 0 fully saturated rings. The van der Waals surface area contributed by atoms with E-state index in [0.29, 0.717) is 12.8 Å². The fraction of sp³-hybridized carbons (Fsp3) is 0.407. The third-order valence-electron chi connectivity index (χ3n) is 6.12. The lowest BCUT2D eigenvalue weighted by atomic mass is 9.88. The van der Waals surface area contributed by atoms with E-state index in [9.17, 15) is 4.79 Å². The van der Waals surface area contributed by atoms with Crippen LogP contribution in [-0.4, -0.2) is 39.1 Å². The fourth-order valence-corrected chi connectivity index (χ4v) is 4.41. The van der Waals surface area contributed by atoms with Gasteiger partial charge in [0.15, 0.2) is 0 Å². The van der Waals surface area contributed by atoms with Gasteiger partial charge in [0, 0.05) is 24.7 Å². The van der Waals surface area contributed by atoms with Gasteiger partial charge in [-0.25, -0.2) is 9.99 Å². The molecule has 2 N–H and O–H groups in total. The first-order valence-corrected chi connectivity index (χ1v) is 11.7. The molecule has 0 saturated carbocycles. The van der Waals surface area contributed by atoms with E-state index in [1.165, 1.54) is 5.56 Å². The summed E-state index contributed by atoms with van der Waals surface area (Å²) in [5.74, 6) is -0.490. The maximum Gasteiger partial charge on any atom is 0.311 e. The van der Waals surface area contributed by atoms with Gasteiger partial charge in [-0.15, -0.1) is 0 Å². The molecule has 2 unspecified atom stereocenters. The summed E-state index contributed by atoms with van der Waals surface area (Å²) in [6.45, 7) is 8.55. The third kappa shape index (κ3) is 5.82. The molecule has 6 nitrogen and oxygen atoms in total. The molecule has 0 saturated heterocycles. The number of rotatable bonds is 6. The molecule has 3 aromatic rings. The first-order chi connectivity index (χ1) is 15.8. The number of aromatic nitrogens is 2. The Bertz CT molecular complexity index is 1070. The van der Waals surface area contributed by atoms with E-state index in [4.69, 9.17) is 4.74 Å². The zero-order valence-corrected chi connectivity index (χ0v) is 20.0. The van der Waals surface area contributed by atoms with Crippen molar-refractivity contribution in [3.63, 3.8) is 0 Å². The summed E-state index contributed by atoms with van der Waals surface area (Å²) in [6, 6.07) is 18.6. The molecule has 4 rings (SSSR count). The van der Waals surface area contributed by atoms with Crippen molar-refractivity contribution >= 4 is 11.7 Å². The number of H-pyrrole nitrogens is 1. The van der Waals surface area contributed by atoms with Crippen molar-refractivity contribution in [1.29, 1.82) is 0 Å². The smallest absolute Gasteiger partial charge is 0.311 e. The highest BCUT2D eigenvalue weighted by Gasteiger charge is 2.39. The van der Waals surface area contributed by atoms with E-state index in [1.807, 2.05) is 45.9 Å². The van der Waals surface area contributed by atoms with Gasteiger partial charge in [0.2, 0.25) is 0 Å². The molecule has 1 aliphatic rings. The number of hydrogen-bond donors (Lipinski definition) is 2. The quantitative estimate of drug-likeness (QED) is 0.537. The minimum Gasteiger partial charge on any atom is -0.460 e. The van der Waals surface area contributed by atoms with Gasteiger partial charge in [-0.3, -0.25) is 4.79 Å². The molecule has 1 aliphatic heterocycles. The third-order valence-corrected chi connectivity index (χ3v) is 6.12. The number of nitrogens with zero attached hydrogens (tertiary/aromatic N) is 2. The van der Waals surface area contributed by atoms with E-state index < -0.39 is 5.60 Å². The van der Waals surface area contributed by atoms with Gasteiger partial charge in [0.1, 0.15) is 5.60 Å². The van der Waals surface area contributed by atoms with Crippen molar-refractivity contribution in [2.45, 2.75) is 58.6 Å². The van der Waals surface area contributed by atoms with Crippen LogP contribution in [0.3, 0.4) is 0 Å². The predicted molar refractivity (Wildman–Crippen MR) is 131 cm³/mol. The first kappa shape index (κ1) is 23.1. The van der Waals surface area contributed by atoms with E-state index >= 15 is 0 Å². The summed E-state index contributed by atoms with van der Waals surface area (Å²) in [7, 11) is 0. The zero-order chi connectivity index (χ0) is 23.4.